The van der Waals surface area contributed by atoms with Crippen molar-refractivity contribution in [2.75, 3.05) is 6.61 Å². The maximum absolute atomic E-state index is 13.2. The number of ether oxygens (including phenoxy) is 2. The summed E-state index contributed by atoms with van der Waals surface area (Å²) in [5, 5.41) is 0. The molecule has 3 aromatic rings. The Morgan fingerprint density at radius 2 is 1.39 bits per heavy atom. The molecule has 0 N–H and O–H groups in total. The Morgan fingerprint density at radius 3 is 2.06 bits per heavy atom. The van der Waals surface area contributed by atoms with Gasteiger partial charge in [-0.15, -0.1) is 0 Å². The van der Waals surface area contributed by atoms with Crippen LogP contribution in [0.1, 0.15) is 35.3 Å². The van der Waals surface area contributed by atoms with Gasteiger partial charge in [-0.05, 0) is 28.3 Å². The van der Waals surface area contributed by atoms with E-state index in [2.05, 4.69) is 0 Å². The Labute approximate surface area is 193 Å². The first-order valence-corrected chi connectivity index (χ1v) is 11.1. The standard InChI is InChI=1S/C28H25NO4/c30-24-16-23(19-32-18-20-10-4-1-5-11-20)25(17-24)29-26(21-12-6-2-7-13-21)27(33-28(29)31)22-14-8-3-9-15-22/h1-16,25-27H,17-19H2/t25-,26-,27+/m0/s1. The molecule has 5 nitrogen and oxygen atoms in total. The molecule has 0 aromatic heterocycles. The van der Waals surface area contributed by atoms with Crippen LogP contribution in [0.25, 0.3) is 0 Å². The van der Waals surface area contributed by atoms with Crippen molar-refractivity contribution in [3.63, 3.8) is 0 Å². The molecule has 0 spiro atoms. The molecule has 1 heterocycles. The van der Waals surface area contributed by atoms with Crippen LogP contribution in [0.3, 0.4) is 0 Å². The van der Waals surface area contributed by atoms with E-state index in [9.17, 15) is 9.59 Å². The minimum absolute atomic E-state index is 0.00100. The van der Waals surface area contributed by atoms with Gasteiger partial charge in [0.2, 0.25) is 0 Å². The topological polar surface area (TPSA) is 55.8 Å². The van der Waals surface area contributed by atoms with Crippen LogP contribution in [0.5, 0.6) is 0 Å². The molecule has 1 saturated heterocycles. The van der Waals surface area contributed by atoms with Crippen LogP contribution in [-0.2, 0) is 20.9 Å². The van der Waals surface area contributed by atoms with E-state index in [1.807, 2.05) is 91.0 Å². The fourth-order valence-electron chi connectivity index (χ4n) is 4.65. The molecule has 1 amide bonds. The average molecular weight is 440 g/mol. The van der Waals surface area contributed by atoms with Gasteiger partial charge < -0.3 is 9.47 Å². The van der Waals surface area contributed by atoms with Crippen molar-refractivity contribution in [2.24, 2.45) is 0 Å². The number of nitrogens with zero attached hydrogens (tertiary/aromatic N) is 1. The van der Waals surface area contributed by atoms with E-state index >= 15 is 0 Å². The quantitative estimate of drug-likeness (QED) is 0.494. The van der Waals surface area contributed by atoms with Gasteiger partial charge in [0.25, 0.3) is 0 Å². The zero-order chi connectivity index (χ0) is 22.6. The van der Waals surface area contributed by atoms with Crippen LogP contribution in [0.15, 0.2) is 103 Å². The lowest BCUT2D eigenvalue weighted by molar-refractivity contribution is -0.114. The summed E-state index contributed by atoms with van der Waals surface area (Å²) >= 11 is 0. The Hall–Kier alpha value is -3.70. The molecule has 3 aromatic carbocycles. The van der Waals surface area contributed by atoms with E-state index in [0.717, 1.165) is 22.3 Å². The van der Waals surface area contributed by atoms with Crippen LogP contribution in [0, 0.1) is 0 Å². The van der Waals surface area contributed by atoms with E-state index in [1.165, 1.54) is 0 Å². The Bertz CT molecular complexity index is 1140. The van der Waals surface area contributed by atoms with Crippen LogP contribution in [-0.4, -0.2) is 29.4 Å². The van der Waals surface area contributed by atoms with Gasteiger partial charge in [-0.2, -0.15) is 0 Å². The van der Waals surface area contributed by atoms with Crippen molar-refractivity contribution in [2.45, 2.75) is 31.2 Å². The highest BCUT2D eigenvalue weighted by Gasteiger charge is 2.49. The highest BCUT2D eigenvalue weighted by atomic mass is 16.6. The van der Waals surface area contributed by atoms with Crippen molar-refractivity contribution in [1.29, 1.82) is 0 Å². The fourth-order valence-corrected chi connectivity index (χ4v) is 4.65. The maximum Gasteiger partial charge on any atom is 0.411 e. The summed E-state index contributed by atoms with van der Waals surface area (Å²) in [4.78, 5) is 27.4. The van der Waals surface area contributed by atoms with Crippen molar-refractivity contribution in [3.05, 3.63) is 119 Å². The molecule has 5 rings (SSSR count). The minimum atomic E-state index is -0.455. The third-order valence-corrected chi connectivity index (χ3v) is 6.18. The molecule has 0 unspecified atom stereocenters. The molecule has 0 saturated carbocycles. The fraction of sp³-hybridized carbons (Fsp3) is 0.214. The van der Waals surface area contributed by atoms with Gasteiger partial charge in [0.05, 0.1) is 19.3 Å². The van der Waals surface area contributed by atoms with Crippen LogP contribution in [0.4, 0.5) is 4.79 Å². The molecule has 0 bridgehead atoms. The lowest BCUT2D eigenvalue weighted by atomic mass is 9.93. The summed E-state index contributed by atoms with van der Waals surface area (Å²) in [7, 11) is 0. The Balaban J connectivity index is 1.42. The molecule has 166 valence electrons. The number of allylic oxidation sites excluding steroid dienone is 1. The number of carbonyl (C=O) groups is 2. The second kappa shape index (κ2) is 9.43. The molecule has 5 heteroatoms. The van der Waals surface area contributed by atoms with Crippen molar-refractivity contribution >= 4 is 11.9 Å². The summed E-state index contributed by atoms with van der Waals surface area (Å²) in [6.45, 7) is 0.727. The van der Waals surface area contributed by atoms with E-state index in [0.29, 0.717) is 6.61 Å². The van der Waals surface area contributed by atoms with E-state index in [4.69, 9.17) is 9.47 Å². The van der Waals surface area contributed by atoms with Gasteiger partial charge in [-0.3, -0.25) is 9.69 Å². The molecule has 1 aliphatic heterocycles. The SMILES string of the molecule is O=C1C=C(COCc2ccccc2)[C@@H](N2C(=O)O[C@H](c3ccccc3)[C@@H]2c2ccccc2)C1. The molecule has 2 aliphatic rings. The molecule has 3 atom stereocenters. The first-order valence-electron chi connectivity index (χ1n) is 11.1. The third-order valence-electron chi connectivity index (χ3n) is 6.18. The van der Waals surface area contributed by atoms with Gasteiger partial charge in [-0.25, -0.2) is 4.79 Å². The second-order valence-electron chi connectivity index (χ2n) is 8.36. The summed E-state index contributed by atoms with van der Waals surface area (Å²) in [6.07, 6.45) is 1.000. The lowest BCUT2D eigenvalue weighted by Gasteiger charge is -2.31. The maximum atomic E-state index is 13.2. The largest absolute Gasteiger partial charge is 0.439 e. The predicted octanol–water partition coefficient (Wildman–Crippen LogP) is 5.41. The van der Waals surface area contributed by atoms with Crippen LogP contribution >= 0.6 is 0 Å². The van der Waals surface area contributed by atoms with E-state index in [-0.39, 0.29) is 30.9 Å². The number of amides is 1. The molecule has 0 radical (unpaired) electrons. The normalized spacial score (nSPS) is 22.4. The third kappa shape index (κ3) is 4.45. The van der Waals surface area contributed by atoms with Crippen molar-refractivity contribution in [3.8, 4) is 0 Å². The van der Waals surface area contributed by atoms with E-state index in [1.54, 1.807) is 11.0 Å². The number of hydrogen-bond donors (Lipinski definition) is 0. The number of ketones is 1. The molecule has 33 heavy (non-hydrogen) atoms. The van der Waals surface area contributed by atoms with Crippen molar-refractivity contribution in [1.82, 2.24) is 4.90 Å². The molecular formula is C28H25NO4. The monoisotopic (exact) mass is 439 g/mol. The van der Waals surface area contributed by atoms with Crippen molar-refractivity contribution < 1.29 is 19.1 Å². The highest BCUT2D eigenvalue weighted by molar-refractivity contribution is 5.95. The molecule has 1 aliphatic carbocycles. The average Bonchev–Trinajstić information content (AvgIpc) is 3.39. The summed E-state index contributed by atoms with van der Waals surface area (Å²) < 4.78 is 11.8. The lowest BCUT2D eigenvalue weighted by Crippen LogP contribution is -2.39. The summed E-state index contributed by atoms with van der Waals surface area (Å²) in [5.74, 6) is 0.00100. The highest BCUT2D eigenvalue weighted by Crippen LogP contribution is 2.46. The second-order valence-corrected chi connectivity index (χ2v) is 8.36. The number of carbonyl (C=O) groups excluding carboxylic acids is 2. The van der Waals surface area contributed by atoms with Crippen LogP contribution in [0.2, 0.25) is 0 Å². The van der Waals surface area contributed by atoms with E-state index < -0.39 is 12.2 Å². The number of rotatable bonds is 7. The smallest absolute Gasteiger partial charge is 0.411 e. The Kier molecular flexibility index (Phi) is 6.05. The predicted molar refractivity (Wildman–Crippen MR) is 124 cm³/mol. The van der Waals surface area contributed by atoms with Gasteiger partial charge in [-0.1, -0.05) is 91.0 Å². The molecule has 1 fully saturated rings. The zero-order valence-electron chi connectivity index (χ0n) is 18.2. The van der Waals surface area contributed by atoms with Gasteiger partial charge in [0.15, 0.2) is 11.9 Å². The van der Waals surface area contributed by atoms with Crippen LogP contribution < -0.4 is 0 Å². The summed E-state index contributed by atoms with van der Waals surface area (Å²) in [6, 6.07) is 28.8. The number of benzene rings is 3. The van der Waals surface area contributed by atoms with Gasteiger partial charge in [0, 0.05) is 6.42 Å². The summed E-state index contributed by atoms with van der Waals surface area (Å²) in [5.41, 5.74) is 3.77. The zero-order valence-corrected chi connectivity index (χ0v) is 18.2. The number of hydrogen-bond acceptors (Lipinski definition) is 4. The minimum Gasteiger partial charge on any atom is -0.439 e. The molecular weight excluding hydrogens is 414 g/mol. The number of cyclic esters (lactones) is 1. The van der Waals surface area contributed by atoms with Gasteiger partial charge in [0.1, 0.15) is 6.04 Å². The first kappa shape index (κ1) is 21.2. The van der Waals surface area contributed by atoms with Gasteiger partial charge >= 0.3 is 6.09 Å². The first-order chi connectivity index (χ1) is 16.2. The Morgan fingerprint density at radius 1 is 0.788 bits per heavy atom.